The lowest BCUT2D eigenvalue weighted by molar-refractivity contribution is 0.112. The third-order valence-corrected chi connectivity index (χ3v) is 3.46. The highest BCUT2D eigenvalue weighted by Crippen LogP contribution is 2.36. The molecule has 0 amide bonds. The second-order valence-corrected chi connectivity index (χ2v) is 4.43. The van der Waals surface area contributed by atoms with Crippen LogP contribution in [0.25, 0.3) is 11.3 Å². The van der Waals surface area contributed by atoms with Crippen molar-refractivity contribution in [3.8, 4) is 17.1 Å². The maximum atomic E-state index is 12.1. The third-order valence-electron chi connectivity index (χ3n) is 3.46. The van der Waals surface area contributed by atoms with Gasteiger partial charge in [0.25, 0.3) is 0 Å². The van der Waals surface area contributed by atoms with Crippen LogP contribution in [0.5, 0.6) is 5.75 Å². The van der Waals surface area contributed by atoms with Crippen LogP contribution < -0.4 is 10.2 Å². The molecule has 2 aromatic rings. The van der Waals surface area contributed by atoms with Gasteiger partial charge in [-0.25, -0.2) is 0 Å². The Balaban J connectivity index is 2.29. The van der Waals surface area contributed by atoms with Gasteiger partial charge in [-0.3, -0.25) is 9.59 Å². The zero-order valence-electron chi connectivity index (χ0n) is 10.4. The molecule has 0 N–H and O–H groups in total. The first-order valence-electron chi connectivity index (χ1n) is 6.02. The van der Waals surface area contributed by atoms with Gasteiger partial charge in [-0.15, -0.1) is 0 Å². The summed E-state index contributed by atoms with van der Waals surface area (Å²) in [6.07, 6.45) is 3.03. The Morgan fingerprint density at radius 3 is 2.79 bits per heavy atom. The predicted octanol–water partition coefficient (Wildman–Crippen LogP) is 2.23. The molecular formula is C15H12O4. The number of hydrogen-bond acceptors (Lipinski definition) is 4. The van der Waals surface area contributed by atoms with Gasteiger partial charge in [-0.2, -0.15) is 0 Å². The number of carbonyl (C=O) groups excluding carboxylic acids is 1. The van der Waals surface area contributed by atoms with Gasteiger partial charge in [-0.05, 0) is 18.9 Å². The summed E-state index contributed by atoms with van der Waals surface area (Å²) in [7, 11) is 1.62. The van der Waals surface area contributed by atoms with Crippen molar-refractivity contribution in [3.05, 3.63) is 51.4 Å². The molecule has 1 aliphatic rings. The molecule has 1 aromatic carbocycles. The molecule has 0 radical (unpaired) electrons. The van der Waals surface area contributed by atoms with E-state index in [4.69, 9.17) is 9.15 Å². The highest BCUT2D eigenvalue weighted by molar-refractivity contribution is 5.77. The Bertz CT molecular complexity index is 713. The summed E-state index contributed by atoms with van der Waals surface area (Å²) in [5.74, 6) is 1.35. The summed E-state index contributed by atoms with van der Waals surface area (Å²) in [6, 6.07) is 5.65. The van der Waals surface area contributed by atoms with E-state index in [2.05, 4.69) is 0 Å². The van der Waals surface area contributed by atoms with Crippen LogP contribution in [-0.2, 0) is 12.8 Å². The topological polar surface area (TPSA) is 56.5 Å². The quantitative estimate of drug-likeness (QED) is 0.773. The van der Waals surface area contributed by atoms with Crippen molar-refractivity contribution in [1.29, 1.82) is 0 Å². The maximum Gasteiger partial charge on any atom is 0.199 e. The molecule has 3 rings (SSSR count). The summed E-state index contributed by atoms with van der Waals surface area (Å²) >= 11 is 0. The molecule has 0 bridgehead atoms. The van der Waals surface area contributed by atoms with Crippen molar-refractivity contribution < 1.29 is 13.9 Å². The van der Waals surface area contributed by atoms with Gasteiger partial charge >= 0.3 is 0 Å². The number of ether oxygens (including phenoxy) is 1. The summed E-state index contributed by atoms with van der Waals surface area (Å²) in [4.78, 5) is 22.9. The smallest absolute Gasteiger partial charge is 0.199 e. The van der Waals surface area contributed by atoms with Crippen LogP contribution in [0.15, 0.2) is 33.7 Å². The van der Waals surface area contributed by atoms with Gasteiger partial charge in [0.1, 0.15) is 17.8 Å². The fraction of sp³-hybridized carbons (Fsp3) is 0.200. The van der Waals surface area contributed by atoms with Crippen molar-refractivity contribution in [2.75, 3.05) is 7.11 Å². The second-order valence-electron chi connectivity index (χ2n) is 4.43. The van der Waals surface area contributed by atoms with Crippen LogP contribution in [-0.4, -0.2) is 13.4 Å². The van der Waals surface area contributed by atoms with Crippen LogP contribution in [0.3, 0.4) is 0 Å². The van der Waals surface area contributed by atoms with Gasteiger partial charge in [0.15, 0.2) is 11.7 Å². The van der Waals surface area contributed by atoms with E-state index in [1.807, 2.05) is 18.2 Å². The Morgan fingerprint density at radius 1 is 1.26 bits per heavy atom. The zero-order valence-corrected chi connectivity index (χ0v) is 10.4. The molecule has 4 nitrogen and oxygen atoms in total. The minimum absolute atomic E-state index is 0.0742. The molecule has 0 fully saturated rings. The molecule has 4 heteroatoms. The fourth-order valence-electron chi connectivity index (χ4n) is 2.54. The average molecular weight is 256 g/mol. The minimum Gasteiger partial charge on any atom is -0.496 e. The highest BCUT2D eigenvalue weighted by Gasteiger charge is 2.24. The summed E-state index contributed by atoms with van der Waals surface area (Å²) in [5, 5.41) is 0. The molecular weight excluding hydrogens is 244 g/mol. The summed E-state index contributed by atoms with van der Waals surface area (Å²) in [5.41, 5.74) is 2.33. The summed E-state index contributed by atoms with van der Waals surface area (Å²) in [6.45, 7) is 0. The van der Waals surface area contributed by atoms with Gasteiger partial charge in [0, 0.05) is 16.7 Å². The molecule has 1 aromatic heterocycles. The average Bonchev–Trinajstić information content (AvgIpc) is 2.46. The number of methoxy groups -OCH3 is 1. The van der Waals surface area contributed by atoms with Gasteiger partial charge in [0.05, 0.1) is 12.7 Å². The van der Waals surface area contributed by atoms with Crippen molar-refractivity contribution in [2.24, 2.45) is 0 Å². The largest absolute Gasteiger partial charge is 0.496 e. The number of benzene rings is 1. The molecule has 1 heterocycles. The lowest BCUT2D eigenvalue weighted by Gasteiger charge is -2.19. The fourth-order valence-corrected chi connectivity index (χ4v) is 2.54. The van der Waals surface area contributed by atoms with E-state index in [-0.39, 0.29) is 11.0 Å². The predicted molar refractivity (Wildman–Crippen MR) is 69.8 cm³/mol. The molecule has 0 saturated carbocycles. The molecule has 0 unspecified atom stereocenters. The van der Waals surface area contributed by atoms with E-state index < -0.39 is 0 Å². The molecule has 0 atom stereocenters. The van der Waals surface area contributed by atoms with Crippen molar-refractivity contribution in [3.63, 3.8) is 0 Å². The van der Waals surface area contributed by atoms with Crippen molar-refractivity contribution in [2.45, 2.75) is 12.8 Å². The Morgan fingerprint density at radius 2 is 2.05 bits per heavy atom. The summed E-state index contributed by atoms with van der Waals surface area (Å²) < 4.78 is 10.8. The molecule has 19 heavy (non-hydrogen) atoms. The number of carbonyl (C=O) groups is 1. The maximum absolute atomic E-state index is 12.1. The van der Waals surface area contributed by atoms with E-state index >= 15 is 0 Å². The van der Waals surface area contributed by atoms with Gasteiger partial charge < -0.3 is 9.15 Å². The first-order valence-corrected chi connectivity index (χ1v) is 6.02. The Hall–Kier alpha value is -2.36. The molecule has 0 spiro atoms. The van der Waals surface area contributed by atoms with Crippen LogP contribution in [0.1, 0.15) is 21.5 Å². The van der Waals surface area contributed by atoms with Crippen LogP contribution in [0, 0.1) is 0 Å². The number of rotatable bonds is 2. The standard InChI is InChI=1S/C15H12O4/c1-18-13-4-2-3-11-10(13)5-6-12-14(17)9(7-16)8-19-15(11)12/h2-4,7-8H,5-6H2,1H3. The normalized spacial score (nSPS) is 12.5. The van der Waals surface area contributed by atoms with E-state index in [0.29, 0.717) is 30.5 Å². The first-order chi connectivity index (χ1) is 9.26. The SMILES string of the molecule is COc1cccc2c1CCc1c-2occ(C=O)c1=O. The van der Waals surface area contributed by atoms with E-state index in [9.17, 15) is 9.59 Å². The first kappa shape index (κ1) is 11.7. The van der Waals surface area contributed by atoms with E-state index in [0.717, 1.165) is 16.9 Å². The van der Waals surface area contributed by atoms with E-state index in [1.165, 1.54) is 6.26 Å². The lowest BCUT2D eigenvalue weighted by Crippen LogP contribution is -2.19. The number of hydrogen-bond donors (Lipinski definition) is 0. The van der Waals surface area contributed by atoms with Crippen LogP contribution in [0.2, 0.25) is 0 Å². The molecule has 0 saturated heterocycles. The minimum atomic E-state index is -0.232. The lowest BCUT2D eigenvalue weighted by atomic mass is 9.88. The monoisotopic (exact) mass is 256 g/mol. The molecule has 1 aliphatic carbocycles. The Kier molecular flexibility index (Phi) is 2.71. The zero-order chi connectivity index (χ0) is 13.4. The second kappa shape index (κ2) is 4.39. The van der Waals surface area contributed by atoms with Gasteiger partial charge in [0.2, 0.25) is 0 Å². The Labute approximate surface area is 109 Å². The van der Waals surface area contributed by atoms with Gasteiger partial charge in [-0.1, -0.05) is 12.1 Å². The number of fused-ring (bicyclic) bond motifs is 3. The van der Waals surface area contributed by atoms with Crippen molar-refractivity contribution >= 4 is 6.29 Å². The molecule has 0 aliphatic heterocycles. The van der Waals surface area contributed by atoms with E-state index in [1.54, 1.807) is 7.11 Å². The van der Waals surface area contributed by atoms with Crippen molar-refractivity contribution in [1.82, 2.24) is 0 Å². The third kappa shape index (κ3) is 1.68. The number of aldehydes is 1. The highest BCUT2D eigenvalue weighted by atomic mass is 16.5. The van der Waals surface area contributed by atoms with Crippen LogP contribution >= 0.6 is 0 Å². The molecule has 96 valence electrons. The van der Waals surface area contributed by atoms with Crippen LogP contribution in [0.4, 0.5) is 0 Å².